The summed E-state index contributed by atoms with van der Waals surface area (Å²) in [4.78, 5) is 2.61. The molecule has 0 aliphatic rings. The minimum absolute atomic E-state index is 0.900. The van der Waals surface area contributed by atoms with Gasteiger partial charge in [-0.3, -0.25) is 4.90 Å². The van der Waals surface area contributed by atoms with Gasteiger partial charge in [-0.05, 0) is 25.9 Å². The third-order valence-electron chi connectivity index (χ3n) is 9.47. The summed E-state index contributed by atoms with van der Waals surface area (Å²) in [5.41, 5.74) is 0. The SMILES string of the molecule is CCCCCCCCCCCCCCCCCCN(CCCCCCCCCCCCCCCCCC)Cn1ccnn1. The van der Waals surface area contributed by atoms with Crippen LogP contribution in [0.2, 0.25) is 0 Å². The normalized spacial score (nSPS) is 11.7. The lowest BCUT2D eigenvalue weighted by Crippen LogP contribution is -2.29. The fourth-order valence-corrected chi connectivity index (χ4v) is 6.53. The van der Waals surface area contributed by atoms with Gasteiger partial charge in [-0.2, -0.15) is 0 Å². The van der Waals surface area contributed by atoms with Crippen molar-refractivity contribution in [2.45, 2.75) is 226 Å². The molecule has 254 valence electrons. The van der Waals surface area contributed by atoms with Gasteiger partial charge in [0.05, 0.1) is 12.9 Å². The van der Waals surface area contributed by atoms with E-state index in [1.807, 2.05) is 17.1 Å². The van der Waals surface area contributed by atoms with E-state index in [-0.39, 0.29) is 0 Å². The molecule has 0 bridgehead atoms. The summed E-state index contributed by atoms with van der Waals surface area (Å²) in [6.45, 7) is 7.92. The van der Waals surface area contributed by atoms with Crippen molar-refractivity contribution in [2.75, 3.05) is 13.1 Å². The number of rotatable bonds is 36. The van der Waals surface area contributed by atoms with Crippen LogP contribution in [0.3, 0.4) is 0 Å². The highest BCUT2D eigenvalue weighted by Gasteiger charge is 2.06. The predicted molar refractivity (Wildman–Crippen MR) is 191 cm³/mol. The summed E-state index contributed by atoms with van der Waals surface area (Å²) in [7, 11) is 0. The van der Waals surface area contributed by atoms with E-state index < -0.39 is 0 Å². The van der Waals surface area contributed by atoms with Crippen LogP contribution in [0.25, 0.3) is 0 Å². The van der Waals surface area contributed by atoms with E-state index in [9.17, 15) is 0 Å². The van der Waals surface area contributed by atoms with Crippen LogP contribution in [0, 0.1) is 0 Å². The van der Waals surface area contributed by atoms with Gasteiger partial charge >= 0.3 is 0 Å². The molecule has 1 rings (SSSR count). The third-order valence-corrected chi connectivity index (χ3v) is 9.47. The standard InChI is InChI=1S/C39H78N4/c1-3-5-7-9-11-13-15-17-19-21-23-25-27-29-31-33-36-42(39-43-38-35-40-41-43)37-34-32-30-28-26-24-22-20-18-16-14-12-10-8-6-4-2/h35,38H,3-34,36-37,39H2,1-2H3. The van der Waals surface area contributed by atoms with E-state index in [2.05, 4.69) is 29.1 Å². The van der Waals surface area contributed by atoms with Crippen molar-refractivity contribution in [3.8, 4) is 0 Å². The first-order valence-corrected chi connectivity index (χ1v) is 19.9. The quantitative estimate of drug-likeness (QED) is 0.0716. The van der Waals surface area contributed by atoms with Gasteiger partial charge in [0.15, 0.2) is 0 Å². The van der Waals surface area contributed by atoms with Gasteiger partial charge in [0.1, 0.15) is 0 Å². The molecule has 0 atom stereocenters. The average molecular weight is 603 g/mol. The molecule has 0 saturated heterocycles. The van der Waals surface area contributed by atoms with E-state index in [0.29, 0.717) is 0 Å². The van der Waals surface area contributed by atoms with Crippen molar-refractivity contribution in [3.63, 3.8) is 0 Å². The molecule has 43 heavy (non-hydrogen) atoms. The zero-order valence-electron chi connectivity index (χ0n) is 29.7. The van der Waals surface area contributed by atoms with Crippen molar-refractivity contribution >= 4 is 0 Å². The fraction of sp³-hybridized carbons (Fsp3) is 0.949. The Morgan fingerprint density at radius 2 is 0.674 bits per heavy atom. The van der Waals surface area contributed by atoms with Crippen LogP contribution in [0.5, 0.6) is 0 Å². The second kappa shape index (κ2) is 34.0. The molecule has 0 saturated carbocycles. The maximum atomic E-state index is 4.23. The second-order valence-electron chi connectivity index (χ2n) is 13.8. The molecule has 4 heteroatoms. The van der Waals surface area contributed by atoms with Crippen molar-refractivity contribution < 1.29 is 0 Å². The van der Waals surface area contributed by atoms with E-state index in [1.54, 1.807) is 0 Å². The van der Waals surface area contributed by atoms with Gasteiger partial charge in [0, 0.05) is 6.20 Å². The lowest BCUT2D eigenvalue weighted by molar-refractivity contribution is 0.196. The molecule has 1 aromatic rings. The Bertz CT molecular complexity index is 581. The van der Waals surface area contributed by atoms with Gasteiger partial charge < -0.3 is 0 Å². The van der Waals surface area contributed by atoms with Crippen molar-refractivity contribution in [1.29, 1.82) is 0 Å². The highest BCUT2D eigenvalue weighted by Crippen LogP contribution is 2.16. The molecule has 0 fully saturated rings. The zero-order chi connectivity index (χ0) is 30.7. The molecule has 1 aromatic heterocycles. The lowest BCUT2D eigenvalue weighted by Gasteiger charge is -2.22. The summed E-state index contributed by atoms with van der Waals surface area (Å²) in [6.07, 6.45) is 49.7. The van der Waals surface area contributed by atoms with Gasteiger partial charge in [-0.1, -0.05) is 212 Å². The summed E-state index contributed by atoms with van der Waals surface area (Å²) >= 11 is 0. The van der Waals surface area contributed by atoms with Gasteiger partial charge in [0.25, 0.3) is 0 Å². The molecular weight excluding hydrogens is 524 g/mol. The van der Waals surface area contributed by atoms with Gasteiger partial charge in [-0.25, -0.2) is 4.68 Å². The number of unbranched alkanes of at least 4 members (excludes halogenated alkanes) is 30. The zero-order valence-corrected chi connectivity index (χ0v) is 29.7. The Morgan fingerprint density at radius 3 is 0.930 bits per heavy atom. The summed E-state index contributed by atoms with van der Waals surface area (Å²) in [5.74, 6) is 0. The minimum Gasteiger partial charge on any atom is -0.284 e. The average Bonchev–Trinajstić information content (AvgIpc) is 3.53. The monoisotopic (exact) mass is 603 g/mol. The Morgan fingerprint density at radius 1 is 0.395 bits per heavy atom. The van der Waals surface area contributed by atoms with Crippen LogP contribution in [-0.2, 0) is 6.67 Å². The molecule has 0 spiro atoms. The molecule has 0 amide bonds. The molecule has 4 nitrogen and oxygen atoms in total. The Balaban J connectivity index is 1.93. The second-order valence-corrected chi connectivity index (χ2v) is 13.8. The Hall–Kier alpha value is -0.900. The molecule has 0 radical (unpaired) electrons. The van der Waals surface area contributed by atoms with Gasteiger partial charge in [-0.15, -0.1) is 5.10 Å². The van der Waals surface area contributed by atoms with Crippen LogP contribution < -0.4 is 0 Å². The summed E-state index contributed by atoms with van der Waals surface area (Å²) < 4.78 is 2.00. The highest BCUT2D eigenvalue weighted by molar-refractivity contribution is 4.65. The maximum absolute atomic E-state index is 4.23. The van der Waals surface area contributed by atoms with Crippen LogP contribution in [-0.4, -0.2) is 33.0 Å². The first kappa shape index (κ1) is 40.1. The van der Waals surface area contributed by atoms with Crippen LogP contribution in [0.15, 0.2) is 12.4 Å². The smallest absolute Gasteiger partial charge is 0.0946 e. The summed E-state index contributed by atoms with van der Waals surface area (Å²) in [5, 5.41) is 8.25. The molecule has 0 aromatic carbocycles. The third kappa shape index (κ3) is 29.6. The molecule has 0 N–H and O–H groups in total. The fourth-order valence-electron chi connectivity index (χ4n) is 6.53. The Labute approximate surface area is 270 Å². The maximum Gasteiger partial charge on any atom is 0.0946 e. The minimum atomic E-state index is 0.900. The first-order chi connectivity index (χ1) is 21.4. The van der Waals surface area contributed by atoms with Crippen molar-refractivity contribution in [2.24, 2.45) is 0 Å². The number of hydrogen-bond acceptors (Lipinski definition) is 3. The number of hydrogen-bond donors (Lipinski definition) is 0. The molecule has 0 unspecified atom stereocenters. The molecule has 0 aliphatic carbocycles. The predicted octanol–water partition coefficient (Wildman–Crippen LogP) is 13.1. The Kier molecular flexibility index (Phi) is 31.7. The molecule has 0 aliphatic heterocycles. The molecular formula is C39H78N4. The van der Waals surface area contributed by atoms with Crippen LogP contribution >= 0.6 is 0 Å². The van der Waals surface area contributed by atoms with Crippen LogP contribution in [0.1, 0.15) is 219 Å². The molecule has 1 heterocycles. The first-order valence-electron chi connectivity index (χ1n) is 19.9. The van der Waals surface area contributed by atoms with E-state index in [4.69, 9.17) is 0 Å². The largest absolute Gasteiger partial charge is 0.284 e. The van der Waals surface area contributed by atoms with Crippen molar-refractivity contribution in [3.05, 3.63) is 12.4 Å². The topological polar surface area (TPSA) is 34.0 Å². The van der Waals surface area contributed by atoms with Gasteiger partial charge in [0.2, 0.25) is 0 Å². The van der Waals surface area contributed by atoms with E-state index >= 15 is 0 Å². The number of nitrogens with zero attached hydrogens (tertiary/aromatic N) is 4. The van der Waals surface area contributed by atoms with Crippen molar-refractivity contribution in [1.82, 2.24) is 19.9 Å². The van der Waals surface area contributed by atoms with E-state index in [1.165, 1.54) is 219 Å². The van der Waals surface area contributed by atoms with Crippen LogP contribution in [0.4, 0.5) is 0 Å². The lowest BCUT2D eigenvalue weighted by atomic mass is 10.0. The number of aromatic nitrogens is 3. The highest BCUT2D eigenvalue weighted by atomic mass is 15.5. The van der Waals surface area contributed by atoms with E-state index in [0.717, 1.165) is 6.67 Å². The summed E-state index contributed by atoms with van der Waals surface area (Å²) in [6, 6.07) is 0.